The maximum Gasteiger partial charge on any atom is 0.324 e. The average molecular weight is 204 g/mol. The fourth-order valence-corrected chi connectivity index (χ4v) is 1.40. The molecule has 0 amide bonds. The van der Waals surface area contributed by atoms with Gasteiger partial charge < -0.3 is 15.8 Å². The van der Waals surface area contributed by atoms with E-state index in [2.05, 4.69) is 17.9 Å². The second-order valence-corrected chi connectivity index (χ2v) is 3.56. The Bertz CT molecular complexity index is 172. The first-order valence-corrected chi connectivity index (χ1v) is 5.15. The highest BCUT2D eigenvalue weighted by Gasteiger charge is 2.20. The topological polar surface area (TPSA) is 64.4 Å². The van der Waals surface area contributed by atoms with Gasteiger partial charge in [0.15, 0.2) is 0 Å². The van der Waals surface area contributed by atoms with Gasteiger partial charge in [-0.25, -0.2) is 0 Å². The van der Waals surface area contributed by atoms with Crippen LogP contribution in [-0.2, 0) is 9.53 Å². The molecule has 3 N–H and O–H groups in total. The van der Waals surface area contributed by atoms with E-state index in [0.29, 0.717) is 5.75 Å². The molecule has 76 valence electrons. The Morgan fingerprint density at radius 2 is 2.54 bits per heavy atom. The Kier molecular flexibility index (Phi) is 4.55. The summed E-state index contributed by atoms with van der Waals surface area (Å²) < 4.78 is 5.17. The summed E-state index contributed by atoms with van der Waals surface area (Å²) in [7, 11) is 0. The van der Waals surface area contributed by atoms with Crippen molar-refractivity contribution in [1.82, 2.24) is 5.32 Å². The van der Waals surface area contributed by atoms with Crippen LogP contribution in [0.1, 0.15) is 12.8 Å². The van der Waals surface area contributed by atoms with E-state index in [1.54, 1.807) is 0 Å². The minimum absolute atomic E-state index is 0.00724. The lowest BCUT2D eigenvalue weighted by atomic mass is 10.1. The van der Waals surface area contributed by atoms with Crippen molar-refractivity contribution in [3.05, 3.63) is 0 Å². The van der Waals surface area contributed by atoms with E-state index in [4.69, 9.17) is 10.5 Å². The van der Waals surface area contributed by atoms with Crippen LogP contribution in [0.2, 0.25) is 0 Å². The molecule has 0 aliphatic carbocycles. The predicted octanol–water partition coefficient (Wildman–Crippen LogP) is -0.461. The predicted molar refractivity (Wildman–Crippen MR) is 53.8 cm³/mol. The van der Waals surface area contributed by atoms with Crippen LogP contribution in [0.25, 0.3) is 0 Å². The molecule has 1 saturated heterocycles. The quantitative estimate of drug-likeness (QED) is 0.430. The summed E-state index contributed by atoms with van der Waals surface area (Å²) in [6.45, 7) is 1.75. The maximum atomic E-state index is 11.2. The zero-order valence-corrected chi connectivity index (χ0v) is 8.43. The molecule has 0 aromatic rings. The molecule has 2 atom stereocenters. The molecule has 1 unspecified atom stereocenters. The summed E-state index contributed by atoms with van der Waals surface area (Å²) >= 11 is 3.93. The van der Waals surface area contributed by atoms with Gasteiger partial charge >= 0.3 is 5.97 Å². The number of ether oxygens (including phenoxy) is 1. The highest BCUT2D eigenvalue weighted by Crippen LogP contribution is 2.06. The first-order valence-electron chi connectivity index (χ1n) is 4.51. The number of carbonyl (C=O) groups excluding carboxylic acids is 1. The Morgan fingerprint density at radius 3 is 3.08 bits per heavy atom. The monoisotopic (exact) mass is 204 g/mol. The summed E-state index contributed by atoms with van der Waals surface area (Å²) in [6.07, 6.45) is 1.97. The van der Waals surface area contributed by atoms with Crippen LogP contribution in [0.4, 0.5) is 0 Å². The van der Waals surface area contributed by atoms with E-state index in [1.807, 2.05) is 0 Å². The molecule has 0 aromatic carbocycles. The fraction of sp³-hybridized carbons (Fsp3) is 0.875. The minimum Gasteiger partial charge on any atom is -0.460 e. The standard InChI is InChI=1S/C8H16N2O2S/c9-7(5-13)8(11)12-6-2-1-3-10-4-6/h6-7,10,13H,1-5,9H2/t6?,7-/m0/s1. The summed E-state index contributed by atoms with van der Waals surface area (Å²) in [4.78, 5) is 11.2. The molecule has 1 heterocycles. The Hall–Kier alpha value is -0.260. The van der Waals surface area contributed by atoms with E-state index in [-0.39, 0.29) is 12.1 Å². The summed E-state index contributed by atoms with van der Waals surface area (Å²) in [5.74, 6) is -0.0115. The van der Waals surface area contributed by atoms with Crippen LogP contribution in [-0.4, -0.2) is 37.0 Å². The van der Waals surface area contributed by atoms with Gasteiger partial charge in [0, 0.05) is 12.3 Å². The molecule has 1 rings (SSSR count). The number of thiol groups is 1. The Balaban J connectivity index is 2.26. The average Bonchev–Trinajstić information content (AvgIpc) is 2.18. The number of hydrogen-bond donors (Lipinski definition) is 3. The lowest BCUT2D eigenvalue weighted by Gasteiger charge is -2.23. The first-order chi connectivity index (χ1) is 6.24. The van der Waals surface area contributed by atoms with Gasteiger partial charge in [0.2, 0.25) is 0 Å². The Labute approximate surface area is 83.6 Å². The molecule has 5 heteroatoms. The largest absolute Gasteiger partial charge is 0.460 e. The lowest BCUT2D eigenvalue weighted by Crippen LogP contribution is -2.41. The lowest BCUT2D eigenvalue weighted by molar-refractivity contribution is -0.150. The molecule has 1 aliphatic heterocycles. The van der Waals surface area contributed by atoms with Crippen molar-refractivity contribution in [2.45, 2.75) is 25.0 Å². The number of rotatable bonds is 3. The van der Waals surface area contributed by atoms with Crippen LogP contribution in [0.5, 0.6) is 0 Å². The molecule has 0 radical (unpaired) electrons. The van der Waals surface area contributed by atoms with Crippen LogP contribution >= 0.6 is 12.6 Å². The normalized spacial score (nSPS) is 25.2. The molecule has 0 saturated carbocycles. The SMILES string of the molecule is N[C@@H](CS)C(=O)OC1CCCNC1. The van der Waals surface area contributed by atoms with Gasteiger partial charge in [-0.15, -0.1) is 0 Å². The van der Waals surface area contributed by atoms with Crippen LogP contribution < -0.4 is 11.1 Å². The van der Waals surface area contributed by atoms with Crippen LogP contribution in [0, 0.1) is 0 Å². The van der Waals surface area contributed by atoms with Gasteiger partial charge in [-0.2, -0.15) is 12.6 Å². The zero-order valence-electron chi connectivity index (χ0n) is 7.53. The van der Waals surface area contributed by atoms with Crippen molar-refractivity contribution in [3.63, 3.8) is 0 Å². The zero-order chi connectivity index (χ0) is 9.68. The van der Waals surface area contributed by atoms with Crippen LogP contribution in [0.15, 0.2) is 0 Å². The van der Waals surface area contributed by atoms with Gasteiger partial charge in [0.05, 0.1) is 0 Å². The number of piperidine rings is 1. The summed E-state index contributed by atoms with van der Waals surface area (Å²) in [5.41, 5.74) is 5.46. The number of hydrogen-bond acceptors (Lipinski definition) is 5. The first kappa shape index (κ1) is 10.8. The van der Waals surface area contributed by atoms with E-state index in [0.717, 1.165) is 25.9 Å². The fourth-order valence-electron chi connectivity index (χ4n) is 1.25. The van der Waals surface area contributed by atoms with E-state index >= 15 is 0 Å². The van der Waals surface area contributed by atoms with Gasteiger partial charge in [-0.3, -0.25) is 4.79 Å². The van der Waals surface area contributed by atoms with Crippen molar-refractivity contribution in [3.8, 4) is 0 Å². The molecular weight excluding hydrogens is 188 g/mol. The summed E-state index contributed by atoms with van der Waals surface area (Å²) in [6, 6.07) is -0.592. The third-order valence-electron chi connectivity index (χ3n) is 2.03. The van der Waals surface area contributed by atoms with E-state index in [1.165, 1.54) is 0 Å². The number of carbonyl (C=O) groups is 1. The summed E-state index contributed by atoms with van der Waals surface area (Å²) in [5, 5.41) is 3.16. The molecule has 4 nitrogen and oxygen atoms in total. The van der Waals surface area contributed by atoms with Crippen molar-refractivity contribution in [1.29, 1.82) is 0 Å². The smallest absolute Gasteiger partial charge is 0.324 e. The number of nitrogens with one attached hydrogen (secondary N) is 1. The van der Waals surface area contributed by atoms with E-state index in [9.17, 15) is 4.79 Å². The molecule has 0 spiro atoms. The number of nitrogens with two attached hydrogens (primary N) is 1. The highest BCUT2D eigenvalue weighted by molar-refractivity contribution is 7.80. The van der Waals surface area contributed by atoms with Gasteiger partial charge in [0.1, 0.15) is 12.1 Å². The van der Waals surface area contributed by atoms with E-state index < -0.39 is 6.04 Å². The molecule has 0 aromatic heterocycles. The number of esters is 1. The molecule has 13 heavy (non-hydrogen) atoms. The van der Waals surface area contributed by atoms with Crippen LogP contribution in [0.3, 0.4) is 0 Å². The van der Waals surface area contributed by atoms with Crippen molar-refractivity contribution in [2.75, 3.05) is 18.8 Å². The van der Waals surface area contributed by atoms with Gasteiger partial charge in [-0.1, -0.05) is 0 Å². The third-order valence-corrected chi connectivity index (χ3v) is 2.43. The van der Waals surface area contributed by atoms with Crippen molar-refractivity contribution >= 4 is 18.6 Å². The minimum atomic E-state index is -0.592. The molecule has 1 fully saturated rings. The van der Waals surface area contributed by atoms with Gasteiger partial charge in [0.25, 0.3) is 0 Å². The second-order valence-electron chi connectivity index (χ2n) is 3.19. The highest BCUT2D eigenvalue weighted by atomic mass is 32.1. The van der Waals surface area contributed by atoms with Gasteiger partial charge in [-0.05, 0) is 19.4 Å². The molecule has 1 aliphatic rings. The Morgan fingerprint density at radius 1 is 1.77 bits per heavy atom. The maximum absolute atomic E-state index is 11.2. The second kappa shape index (κ2) is 5.47. The third kappa shape index (κ3) is 3.54. The molecular formula is C8H16N2O2S. The molecule has 0 bridgehead atoms. The van der Waals surface area contributed by atoms with Crippen molar-refractivity contribution in [2.24, 2.45) is 5.73 Å². The van der Waals surface area contributed by atoms with Crippen molar-refractivity contribution < 1.29 is 9.53 Å².